The van der Waals surface area contributed by atoms with Crippen molar-refractivity contribution in [3.63, 3.8) is 0 Å². The molecule has 0 fully saturated rings. The van der Waals surface area contributed by atoms with Gasteiger partial charge >= 0.3 is 0 Å². The summed E-state index contributed by atoms with van der Waals surface area (Å²) in [6.07, 6.45) is 0. The summed E-state index contributed by atoms with van der Waals surface area (Å²) >= 11 is 1.89. The molecule has 117 heavy (non-hydrogen) atoms. The number of aryl methyl sites for hydroxylation is 8. The molecule has 0 aliphatic heterocycles. The van der Waals surface area contributed by atoms with Crippen molar-refractivity contribution < 1.29 is 4.42 Å². The van der Waals surface area contributed by atoms with Gasteiger partial charge in [-0.2, -0.15) is 0 Å². The molecule has 6 aromatic heterocycles. The summed E-state index contributed by atoms with van der Waals surface area (Å²) in [5.74, 6) is 2.16. The van der Waals surface area contributed by atoms with E-state index in [1.54, 1.807) is 0 Å². The van der Waals surface area contributed by atoms with E-state index in [4.69, 9.17) is 9.40 Å². The third-order valence-corrected chi connectivity index (χ3v) is 23.3. The molecule has 570 valence electrons. The van der Waals surface area contributed by atoms with E-state index in [-0.39, 0.29) is 5.41 Å². The molecule has 21 aromatic rings. The van der Waals surface area contributed by atoms with E-state index in [0.717, 1.165) is 50.6 Å². The minimum absolute atomic E-state index is 0.150. The van der Waals surface area contributed by atoms with Gasteiger partial charge in [-0.25, -0.2) is 19.9 Å². The third-order valence-electron chi connectivity index (χ3n) is 22.0. The van der Waals surface area contributed by atoms with Crippen LogP contribution in [0.4, 0.5) is 0 Å². The van der Waals surface area contributed by atoms with E-state index < -0.39 is 0 Å². The predicted molar refractivity (Wildman–Crippen MR) is 497 cm³/mol. The summed E-state index contributed by atoms with van der Waals surface area (Å²) in [6.45, 7) is 19.5. The Kier molecular flexibility index (Phi) is 22.7. The van der Waals surface area contributed by atoms with Crippen LogP contribution in [0.3, 0.4) is 0 Å². The number of nitrogens with zero attached hydrogens (tertiary/aromatic N) is 6. The van der Waals surface area contributed by atoms with Crippen LogP contribution in [0.1, 0.15) is 64.2 Å². The zero-order valence-corrected chi connectivity index (χ0v) is 68.6. The molecule has 0 saturated heterocycles. The average Bonchev–Trinajstić information content (AvgIpc) is 1.58. The van der Waals surface area contributed by atoms with Crippen molar-refractivity contribution in [2.75, 3.05) is 0 Å². The summed E-state index contributed by atoms with van der Waals surface area (Å²) in [6, 6.07) is 130. The largest absolute Gasteiger partial charge is 0.456 e. The minimum atomic E-state index is 0.150. The van der Waals surface area contributed by atoms with Crippen molar-refractivity contribution in [2.24, 2.45) is 7.05 Å². The highest BCUT2D eigenvalue weighted by Gasteiger charge is 2.36. The maximum Gasteiger partial charge on any atom is 0.163 e. The second-order valence-corrected chi connectivity index (χ2v) is 31.4. The zero-order chi connectivity index (χ0) is 80.5. The molecule has 0 saturated carbocycles. The first kappa shape index (κ1) is 77.0. The van der Waals surface area contributed by atoms with Crippen LogP contribution in [0.15, 0.2) is 381 Å². The van der Waals surface area contributed by atoms with Gasteiger partial charge in [0.05, 0.1) is 27.9 Å². The van der Waals surface area contributed by atoms with Crippen LogP contribution in [-0.2, 0) is 12.5 Å². The Morgan fingerprint density at radius 1 is 0.316 bits per heavy atom. The molecule has 6 heterocycles. The monoisotopic (exact) mass is 1530 g/mol. The molecule has 0 bridgehead atoms. The van der Waals surface area contributed by atoms with Crippen molar-refractivity contribution in [1.82, 2.24) is 29.1 Å². The first-order valence-electron chi connectivity index (χ1n) is 40.0. The summed E-state index contributed by atoms with van der Waals surface area (Å²) in [7, 11) is 2.14. The first-order valence-corrected chi connectivity index (χ1v) is 40.8. The topological polar surface area (TPSA) is 74.6 Å². The number of hydrogen-bond acceptors (Lipinski definition) is 6. The normalized spacial score (nSPS) is 11.6. The highest BCUT2D eigenvalue weighted by molar-refractivity contribution is 7.26. The maximum absolute atomic E-state index is 5.78. The van der Waals surface area contributed by atoms with E-state index in [2.05, 4.69) is 366 Å². The number of furan rings is 1. The lowest BCUT2D eigenvalue weighted by Crippen LogP contribution is -2.16. The van der Waals surface area contributed by atoms with Gasteiger partial charge < -0.3 is 13.6 Å². The number of rotatable bonds is 5. The number of fused-ring (bicyclic) bond motifs is 15. The van der Waals surface area contributed by atoms with E-state index in [9.17, 15) is 0 Å². The van der Waals surface area contributed by atoms with Crippen molar-refractivity contribution in [1.29, 1.82) is 0 Å². The number of aromatic nitrogens is 6. The number of thiophene rings is 1. The maximum atomic E-state index is 5.78. The highest BCUT2D eigenvalue weighted by Crippen LogP contribution is 2.50. The lowest BCUT2D eigenvalue weighted by atomic mass is 9.80. The van der Waals surface area contributed by atoms with Gasteiger partial charge in [0.1, 0.15) is 17.0 Å². The molecular weight excluding hydrogens is 1440 g/mol. The smallest absolute Gasteiger partial charge is 0.163 e. The molecule has 8 heteroatoms. The number of benzene rings is 15. The second kappa shape index (κ2) is 34.4. The lowest BCUT2D eigenvalue weighted by Gasteiger charge is -2.23. The van der Waals surface area contributed by atoms with Crippen LogP contribution in [0, 0.1) is 48.5 Å². The van der Waals surface area contributed by atoms with Gasteiger partial charge in [0, 0.05) is 98.4 Å². The molecule has 0 N–H and O–H groups in total. The van der Waals surface area contributed by atoms with Crippen molar-refractivity contribution in [3.8, 4) is 62.1 Å². The number of hydrogen-bond donors (Lipinski definition) is 0. The fraction of sp³-hybridized carbons (Fsp3) is 0.101. The standard InChI is InChI=1S/C19H15N.C18H15N.C16H13N3.C16H16.C14H13N.C13H10O.C13H10S/c1-14-8-7-12-17-16-11-5-6-13-18(16)20(19(14)17)15-9-3-2-4-10-15;1-14-7-5-10-16(13-14)18-12-6-11-17(19-18)15-8-3-2-4-9-15;1-12-17-15(13-8-4-2-5-9-13)19-16(18-12)14-10-6-3-7-11-14;1-11-7-6-9-13-12-8-4-5-10-14(12)16(2,3)15(11)13;1-10-6-5-8-12-11-7-3-4-9-13(11)15(2)14(10)12;2*1-9-5-4-7-11-10-6-2-3-8-12(10)14-13(9)11/h2-13H,1H3;2-13H,1H3;2-11H,1H3;4-10H,1-3H3;3-9H,1-2H3;2*2-8H,1H3. The SMILES string of the molecule is Cc1cccc(-c2cccc(-c3ccccc3)n2)c1.Cc1cccc2c1C(C)(C)c1ccccc1-2.Cc1cccc2c1oc1ccccc12.Cc1cccc2c1sc1ccccc12.Cc1cccc2c3ccccc3n(-c3ccccc3)c12.Cc1cccc2c3ccccc3n(C)c12.Cc1nc(-c2ccccc2)nc(-c2ccccc2)n1. The minimum Gasteiger partial charge on any atom is -0.456 e. The molecule has 22 rings (SSSR count). The Morgan fingerprint density at radius 2 is 0.769 bits per heavy atom. The van der Waals surface area contributed by atoms with Gasteiger partial charge in [-0.1, -0.05) is 341 Å². The quantitative estimate of drug-likeness (QED) is 0.172. The Bertz CT molecular complexity index is 6910. The second-order valence-electron chi connectivity index (χ2n) is 30.4. The van der Waals surface area contributed by atoms with E-state index >= 15 is 0 Å². The van der Waals surface area contributed by atoms with Crippen LogP contribution in [0.5, 0.6) is 0 Å². The molecule has 0 spiro atoms. The lowest BCUT2D eigenvalue weighted by molar-refractivity contribution is 0.655. The Hall–Kier alpha value is -13.9. The van der Waals surface area contributed by atoms with Gasteiger partial charge in [-0.3, -0.25) is 0 Å². The molecule has 1 aliphatic rings. The van der Waals surface area contributed by atoms with E-state index in [1.165, 1.54) is 136 Å². The van der Waals surface area contributed by atoms with Crippen molar-refractivity contribution in [2.45, 2.75) is 67.7 Å². The van der Waals surface area contributed by atoms with Crippen LogP contribution < -0.4 is 0 Å². The molecule has 0 atom stereocenters. The molecule has 15 aromatic carbocycles. The first-order chi connectivity index (χ1) is 57.1. The zero-order valence-electron chi connectivity index (χ0n) is 67.8. The molecule has 7 nitrogen and oxygen atoms in total. The van der Waals surface area contributed by atoms with Crippen LogP contribution in [0.25, 0.3) is 148 Å². The van der Waals surface area contributed by atoms with Crippen molar-refractivity contribution >= 4 is 97.1 Å². The fourth-order valence-electron chi connectivity index (χ4n) is 16.5. The fourth-order valence-corrected chi connectivity index (χ4v) is 17.6. The highest BCUT2D eigenvalue weighted by atomic mass is 32.1. The van der Waals surface area contributed by atoms with Gasteiger partial charge in [0.15, 0.2) is 11.6 Å². The Balaban J connectivity index is 0.000000103. The van der Waals surface area contributed by atoms with Gasteiger partial charge in [0.2, 0.25) is 0 Å². The molecule has 0 amide bonds. The Labute approximate surface area is 689 Å². The Morgan fingerprint density at radius 3 is 1.44 bits per heavy atom. The van der Waals surface area contributed by atoms with Gasteiger partial charge in [-0.15, -0.1) is 11.3 Å². The van der Waals surface area contributed by atoms with Crippen LogP contribution in [-0.4, -0.2) is 29.1 Å². The van der Waals surface area contributed by atoms with Gasteiger partial charge in [0.25, 0.3) is 0 Å². The summed E-state index contributed by atoms with van der Waals surface area (Å²) in [4.78, 5) is 18.1. The number of para-hydroxylation sites is 7. The third kappa shape index (κ3) is 16.2. The van der Waals surface area contributed by atoms with Crippen LogP contribution in [0.2, 0.25) is 0 Å². The molecule has 1 aliphatic carbocycles. The molecule has 0 radical (unpaired) electrons. The number of pyridine rings is 1. The van der Waals surface area contributed by atoms with E-state index in [0.29, 0.717) is 11.6 Å². The van der Waals surface area contributed by atoms with Crippen molar-refractivity contribution in [3.05, 3.63) is 426 Å². The predicted octanol–water partition coefficient (Wildman–Crippen LogP) is 29.5. The molecular formula is C109H92N6OS. The van der Waals surface area contributed by atoms with E-state index in [1.807, 2.05) is 115 Å². The molecule has 0 unspecified atom stereocenters. The summed E-state index contributed by atoms with van der Waals surface area (Å²) in [5, 5.41) is 10.5. The van der Waals surface area contributed by atoms with Crippen LogP contribution >= 0.6 is 11.3 Å². The summed E-state index contributed by atoms with van der Waals surface area (Å²) < 4.78 is 13.2. The van der Waals surface area contributed by atoms with Gasteiger partial charge in [-0.05, 0) is 153 Å². The average molecular weight is 1530 g/mol. The summed E-state index contributed by atoms with van der Waals surface area (Å²) in [5.41, 5.74) is 28.6.